The number of hydrogen-bond donors (Lipinski definition) is 1. The number of carbonyl (C=O) groups excluding carboxylic acids is 1. The van der Waals surface area contributed by atoms with Gasteiger partial charge in [0.2, 0.25) is 0 Å². The first-order valence-electron chi connectivity index (χ1n) is 12.4. The van der Waals surface area contributed by atoms with Crippen LogP contribution in [0.4, 0.5) is 10.6 Å². The number of nitrogens with one attached hydrogen (secondary N) is 1. The molecule has 0 spiro atoms. The van der Waals surface area contributed by atoms with Crippen LogP contribution < -0.4 is 10.1 Å². The molecule has 7 nitrogen and oxygen atoms in total. The van der Waals surface area contributed by atoms with E-state index in [4.69, 9.17) is 14.5 Å². The molecule has 0 radical (unpaired) electrons. The van der Waals surface area contributed by atoms with Gasteiger partial charge in [-0.2, -0.15) is 0 Å². The predicted molar refractivity (Wildman–Crippen MR) is 144 cm³/mol. The molecule has 1 aliphatic rings. The van der Waals surface area contributed by atoms with Crippen molar-refractivity contribution in [1.29, 1.82) is 0 Å². The Balaban J connectivity index is 1.67. The molecular formula is C29H36N4O3. The Morgan fingerprint density at radius 1 is 1.14 bits per heavy atom. The minimum Gasteiger partial charge on any atom is -0.496 e. The molecule has 4 rings (SSSR count). The highest BCUT2D eigenvalue weighted by Crippen LogP contribution is 2.36. The van der Waals surface area contributed by atoms with Crippen LogP contribution >= 0.6 is 0 Å². The number of anilines is 1. The highest BCUT2D eigenvalue weighted by molar-refractivity contribution is 5.94. The largest absolute Gasteiger partial charge is 0.496 e. The zero-order valence-corrected chi connectivity index (χ0v) is 22.3. The van der Waals surface area contributed by atoms with E-state index in [1.807, 2.05) is 33.8 Å². The molecule has 2 aromatic carbocycles. The van der Waals surface area contributed by atoms with E-state index in [-0.39, 0.29) is 12.1 Å². The topological polar surface area (TPSA) is 76.6 Å². The van der Waals surface area contributed by atoms with Gasteiger partial charge in [-0.15, -0.1) is 0 Å². The highest BCUT2D eigenvalue weighted by atomic mass is 16.6. The van der Waals surface area contributed by atoms with Crippen LogP contribution in [0.5, 0.6) is 5.75 Å². The molecule has 0 saturated carbocycles. The number of aryl methyl sites for hydroxylation is 2. The van der Waals surface area contributed by atoms with Crippen LogP contribution in [0.25, 0.3) is 16.5 Å². The summed E-state index contributed by atoms with van der Waals surface area (Å²) in [6.45, 7) is 12.9. The lowest BCUT2D eigenvalue weighted by Crippen LogP contribution is -2.39. The smallest absolute Gasteiger partial charge is 0.410 e. The summed E-state index contributed by atoms with van der Waals surface area (Å²) in [6, 6.07) is 12.6. The quantitative estimate of drug-likeness (QED) is 0.445. The monoisotopic (exact) mass is 488 g/mol. The van der Waals surface area contributed by atoms with Crippen LogP contribution in [-0.2, 0) is 4.74 Å². The minimum absolute atomic E-state index is 0.0734. The number of ether oxygens (including phenoxy) is 2. The fraction of sp³-hybridized carbons (Fsp3) is 0.414. The summed E-state index contributed by atoms with van der Waals surface area (Å²) in [5.41, 5.74) is 4.86. The maximum Gasteiger partial charge on any atom is 0.410 e. The van der Waals surface area contributed by atoms with Crippen molar-refractivity contribution >= 4 is 28.4 Å². The van der Waals surface area contributed by atoms with Crippen molar-refractivity contribution in [3.05, 3.63) is 65.0 Å². The summed E-state index contributed by atoms with van der Waals surface area (Å²) in [6.07, 6.45) is 2.49. The van der Waals surface area contributed by atoms with Crippen LogP contribution in [-0.4, -0.2) is 46.8 Å². The van der Waals surface area contributed by atoms with E-state index >= 15 is 0 Å². The van der Waals surface area contributed by atoms with E-state index in [0.29, 0.717) is 25.3 Å². The van der Waals surface area contributed by atoms with Gasteiger partial charge in [-0.05, 0) is 65.2 Å². The summed E-state index contributed by atoms with van der Waals surface area (Å²) in [4.78, 5) is 23.6. The van der Waals surface area contributed by atoms with Crippen LogP contribution in [0.15, 0.2) is 42.5 Å². The highest BCUT2D eigenvalue weighted by Gasteiger charge is 2.25. The number of fused-ring (bicyclic) bond motifs is 1. The second-order valence-electron chi connectivity index (χ2n) is 10.4. The Kier molecular flexibility index (Phi) is 7.20. The zero-order chi connectivity index (χ0) is 26.0. The van der Waals surface area contributed by atoms with Gasteiger partial charge < -0.3 is 19.7 Å². The van der Waals surface area contributed by atoms with Crippen molar-refractivity contribution in [3.63, 3.8) is 0 Å². The summed E-state index contributed by atoms with van der Waals surface area (Å²) in [7, 11) is 1.67. The molecule has 36 heavy (non-hydrogen) atoms. The third-order valence-corrected chi connectivity index (χ3v) is 6.23. The first-order valence-corrected chi connectivity index (χ1v) is 12.4. The molecule has 1 aromatic heterocycles. The normalized spacial score (nSPS) is 14.9. The first kappa shape index (κ1) is 25.5. The van der Waals surface area contributed by atoms with Gasteiger partial charge in [0.1, 0.15) is 23.0 Å². The van der Waals surface area contributed by atoms with E-state index in [0.717, 1.165) is 33.6 Å². The standard InChI is InChI=1S/C29H36N4O3/c1-18-9-8-10-22(15-18)19(2)30-27-24-16-23(26(35-7)17-25(24)31-20(3)32-27)21-11-13-33(14-12-21)28(34)36-29(4,5)6/h8-11,15-17,19H,12-14H2,1-7H3,(H,30,31,32)/t19-/m1/s1. The number of rotatable bonds is 5. The van der Waals surface area contributed by atoms with Crippen LogP contribution in [0.1, 0.15) is 62.7 Å². The summed E-state index contributed by atoms with van der Waals surface area (Å²) in [5, 5.41) is 4.54. The fourth-order valence-corrected chi connectivity index (χ4v) is 4.44. The van der Waals surface area contributed by atoms with Gasteiger partial charge in [0.15, 0.2) is 0 Å². The average Bonchev–Trinajstić information content (AvgIpc) is 2.82. The van der Waals surface area contributed by atoms with E-state index in [2.05, 4.69) is 60.6 Å². The lowest BCUT2D eigenvalue weighted by Gasteiger charge is -2.30. The number of carbonyl (C=O) groups is 1. The van der Waals surface area contributed by atoms with Gasteiger partial charge in [-0.25, -0.2) is 14.8 Å². The Bertz CT molecular complexity index is 1310. The Hall–Kier alpha value is -3.61. The molecule has 0 fully saturated rings. The van der Waals surface area contributed by atoms with Crippen LogP contribution in [0.2, 0.25) is 0 Å². The van der Waals surface area contributed by atoms with Gasteiger partial charge in [-0.1, -0.05) is 35.9 Å². The Morgan fingerprint density at radius 2 is 1.92 bits per heavy atom. The number of methoxy groups -OCH3 is 1. The fourth-order valence-electron chi connectivity index (χ4n) is 4.44. The third kappa shape index (κ3) is 5.78. The summed E-state index contributed by atoms with van der Waals surface area (Å²) >= 11 is 0. The molecular weight excluding hydrogens is 452 g/mol. The first-order chi connectivity index (χ1) is 17.0. The van der Waals surface area contributed by atoms with Crippen LogP contribution in [0, 0.1) is 13.8 Å². The molecule has 3 aromatic rings. The maximum absolute atomic E-state index is 12.5. The van der Waals surface area contributed by atoms with Crippen molar-refractivity contribution < 1.29 is 14.3 Å². The summed E-state index contributed by atoms with van der Waals surface area (Å²) in [5.74, 6) is 2.25. The number of nitrogens with zero attached hydrogens (tertiary/aromatic N) is 3. The SMILES string of the molecule is COc1cc2nc(C)nc(N[C@H](C)c3cccc(C)c3)c2cc1C1=CCN(C(=O)OC(C)(C)C)CC1. The predicted octanol–water partition coefficient (Wildman–Crippen LogP) is 6.45. The molecule has 0 bridgehead atoms. The van der Waals surface area contributed by atoms with E-state index in [1.54, 1.807) is 12.0 Å². The average molecular weight is 489 g/mol. The van der Waals surface area contributed by atoms with Gasteiger partial charge in [0, 0.05) is 36.1 Å². The Morgan fingerprint density at radius 3 is 2.56 bits per heavy atom. The number of aromatic nitrogens is 2. The molecule has 0 aliphatic carbocycles. The maximum atomic E-state index is 12.5. The molecule has 0 saturated heterocycles. The van der Waals surface area contributed by atoms with Crippen molar-refractivity contribution in [2.24, 2.45) is 0 Å². The van der Waals surface area contributed by atoms with Gasteiger partial charge >= 0.3 is 6.09 Å². The van der Waals surface area contributed by atoms with E-state index < -0.39 is 5.60 Å². The van der Waals surface area contributed by atoms with Gasteiger partial charge in [-0.3, -0.25) is 0 Å². The van der Waals surface area contributed by atoms with Crippen molar-refractivity contribution in [2.45, 2.75) is 59.6 Å². The lowest BCUT2D eigenvalue weighted by atomic mass is 9.96. The molecule has 1 N–H and O–H groups in total. The minimum atomic E-state index is -0.514. The Labute approximate surface area is 213 Å². The molecule has 7 heteroatoms. The van der Waals surface area contributed by atoms with Crippen molar-refractivity contribution in [3.8, 4) is 5.75 Å². The van der Waals surface area contributed by atoms with Crippen LogP contribution in [0.3, 0.4) is 0 Å². The number of benzene rings is 2. The van der Waals surface area contributed by atoms with Gasteiger partial charge in [0.05, 0.1) is 12.6 Å². The lowest BCUT2D eigenvalue weighted by molar-refractivity contribution is 0.0270. The van der Waals surface area contributed by atoms with E-state index in [9.17, 15) is 4.79 Å². The van der Waals surface area contributed by atoms with Crippen molar-refractivity contribution in [2.75, 3.05) is 25.5 Å². The molecule has 1 amide bonds. The molecule has 1 aliphatic heterocycles. The number of amides is 1. The number of hydrogen-bond acceptors (Lipinski definition) is 6. The zero-order valence-electron chi connectivity index (χ0n) is 22.3. The van der Waals surface area contributed by atoms with Gasteiger partial charge in [0.25, 0.3) is 0 Å². The summed E-state index contributed by atoms with van der Waals surface area (Å²) < 4.78 is 11.3. The molecule has 0 unspecified atom stereocenters. The molecule has 2 heterocycles. The molecule has 190 valence electrons. The van der Waals surface area contributed by atoms with E-state index in [1.165, 1.54) is 11.1 Å². The molecule has 1 atom stereocenters. The third-order valence-electron chi connectivity index (χ3n) is 6.23. The van der Waals surface area contributed by atoms with Crippen molar-refractivity contribution in [1.82, 2.24) is 14.9 Å². The second-order valence-corrected chi connectivity index (χ2v) is 10.4. The second kappa shape index (κ2) is 10.2.